The first-order chi connectivity index (χ1) is 15.1. The zero-order valence-corrected chi connectivity index (χ0v) is 19.3. The predicted molar refractivity (Wildman–Crippen MR) is 129 cm³/mol. The Morgan fingerprint density at radius 1 is 0.906 bits per heavy atom. The van der Waals surface area contributed by atoms with Crippen LogP contribution in [0.3, 0.4) is 0 Å². The molecule has 2 aliphatic heterocycles. The highest BCUT2D eigenvalue weighted by Gasteiger charge is 2.22. The van der Waals surface area contributed by atoms with Gasteiger partial charge in [-0.1, -0.05) is 12.1 Å². The number of carbonyl (C=O) groups excluding carboxylic acids is 2. The van der Waals surface area contributed by atoms with Crippen molar-refractivity contribution in [1.82, 2.24) is 9.80 Å². The first-order valence-corrected chi connectivity index (χ1v) is 10.9. The standard InChI is InChI=1S/C24H30N4O3.ClH/c1-31-22-7-3-2-6-21(22)27-16-14-26(15-17-27)18-23(29)25-20-10-8-19(9-11-20)24(30)28-12-4-5-13-28;/h2-3,6-11H,4-5,12-18H2,1H3,(H,25,29);1H. The number of nitrogens with one attached hydrogen (secondary N) is 1. The number of amides is 2. The summed E-state index contributed by atoms with van der Waals surface area (Å²) in [4.78, 5) is 31.3. The van der Waals surface area contributed by atoms with Gasteiger partial charge in [-0.15, -0.1) is 12.4 Å². The van der Waals surface area contributed by atoms with Gasteiger partial charge >= 0.3 is 0 Å². The van der Waals surface area contributed by atoms with Crippen molar-refractivity contribution in [2.45, 2.75) is 12.8 Å². The smallest absolute Gasteiger partial charge is 0.253 e. The summed E-state index contributed by atoms with van der Waals surface area (Å²) in [6, 6.07) is 15.2. The first-order valence-electron chi connectivity index (χ1n) is 10.9. The summed E-state index contributed by atoms with van der Waals surface area (Å²) in [5.41, 5.74) is 2.49. The number of rotatable bonds is 6. The molecule has 2 fully saturated rings. The minimum atomic E-state index is -0.0376. The van der Waals surface area contributed by atoms with Crippen LogP contribution >= 0.6 is 12.4 Å². The molecule has 1 N–H and O–H groups in total. The van der Waals surface area contributed by atoms with E-state index in [1.54, 1.807) is 31.4 Å². The molecule has 2 aromatic carbocycles. The number of hydrogen-bond donors (Lipinski definition) is 1. The van der Waals surface area contributed by atoms with Crippen LogP contribution in [0.5, 0.6) is 5.75 Å². The molecule has 7 nitrogen and oxygen atoms in total. The van der Waals surface area contributed by atoms with Crippen LogP contribution in [-0.4, -0.2) is 74.5 Å². The summed E-state index contributed by atoms with van der Waals surface area (Å²) >= 11 is 0. The van der Waals surface area contributed by atoms with Gasteiger partial charge in [-0.3, -0.25) is 14.5 Å². The number of piperazine rings is 1. The van der Waals surface area contributed by atoms with E-state index in [0.29, 0.717) is 12.1 Å². The molecule has 2 aromatic rings. The van der Waals surface area contributed by atoms with Gasteiger partial charge in [-0.25, -0.2) is 0 Å². The number of carbonyl (C=O) groups is 2. The van der Waals surface area contributed by atoms with Crippen LogP contribution in [0.15, 0.2) is 48.5 Å². The van der Waals surface area contributed by atoms with E-state index in [9.17, 15) is 9.59 Å². The summed E-state index contributed by atoms with van der Waals surface area (Å²) < 4.78 is 5.47. The molecule has 8 heteroatoms. The van der Waals surface area contributed by atoms with Gasteiger partial charge in [-0.2, -0.15) is 0 Å². The fraction of sp³-hybridized carbons (Fsp3) is 0.417. The van der Waals surface area contributed by atoms with Crippen LogP contribution in [0.1, 0.15) is 23.2 Å². The molecule has 0 unspecified atom stereocenters. The maximum absolute atomic E-state index is 12.5. The third-order valence-electron chi connectivity index (χ3n) is 5.97. The lowest BCUT2D eigenvalue weighted by Gasteiger charge is -2.36. The highest BCUT2D eigenvalue weighted by atomic mass is 35.5. The van der Waals surface area contributed by atoms with E-state index in [0.717, 1.165) is 69.2 Å². The van der Waals surface area contributed by atoms with Crippen molar-refractivity contribution in [1.29, 1.82) is 0 Å². The Kier molecular flexibility index (Phi) is 8.36. The molecule has 0 radical (unpaired) electrons. The van der Waals surface area contributed by atoms with Crippen molar-refractivity contribution in [2.24, 2.45) is 0 Å². The van der Waals surface area contributed by atoms with E-state index in [-0.39, 0.29) is 24.2 Å². The topological polar surface area (TPSA) is 65.1 Å². The van der Waals surface area contributed by atoms with Crippen molar-refractivity contribution >= 4 is 35.6 Å². The average Bonchev–Trinajstić information content (AvgIpc) is 3.34. The number of para-hydroxylation sites is 2. The summed E-state index contributed by atoms with van der Waals surface area (Å²) in [6.45, 7) is 5.35. The largest absolute Gasteiger partial charge is 0.495 e. The van der Waals surface area contributed by atoms with Gasteiger partial charge in [0.05, 0.1) is 19.3 Å². The Balaban J connectivity index is 0.00000289. The number of anilines is 2. The third kappa shape index (κ3) is 5.72. The van der Waals surface area contributed by atoms with Gasteiger partial charge in [0.15, 0.2) is 0 Å². The van der Waals surface area contributed by atoms with Gasteiger partial charge < -0.3 is 19.9 Å². The quantitative estimate of drug-likeness (QED) is 0.720. The van der Waals surface area contributed by atoms with Crippen LogP contribution in [0.25, 0.3) is 0 Å². The highest BCUT2D eigenvalue weighted by molar-refractivity contribution is 5.96. The Morgan fingerprint density at radius 2 is 1.56 bits per heavy atom. The minimum Gasteiger partial charge on any atom is -0.495 e. The van der Waals surface area contributed by atoms with Crippen molar-refractivity contribution in [3.05, 3.63) is 54.1 Å². The van der Waals surface area contributed by atoms with Crippen LogP contribution in [0.2, 0.25) is 0 Å². The summed E-state index contributed by atoms with van der Waals surface area (Å²) in [5.74, 6) is 0.910. The number of halogens is 1. The summed E-state index contributed by atoms with van der Waals surface area (Å²) in [7, 11) is 1.69. The predicted octanol–water partition coefficient (Wildman–Crippen LogP) is 3.11. The molecule has 0 aromatic heterocycles. The normalized spacial score (nSPS) is 16.4. The minimum absolute atomic E-state index is 0. The molecule has 2 aliphatic rings. The number of methoxy groups -OCH3 is 1. The monoisotopic (exact) mass is 458 g/mol. The van der Waals surface area contributed by atoms with E-state index in [2.05, 4.69) is 21.2 Å². The lowest BCUT2D eigenvalue weighted by molar-refractivity contribution is -0.117. The van der Waals surface area contributed by atoms with Crippen molar-refractivity contribution in [2.75, 3.05) is 63.1 Å². The SMILES string of the molecule is COc1ccccc1N1CCN(CC(=O)Nc2ccc(C(=O)N3CCCC3)cc2)CC1.Cl. The number of ether oxygens (including phenoxy) is 1. The lowest BCUT2D eigenvalue weighted by Crippen LogP contribution is -2.48. The molecule has 2 amide bonds. The number of hydrogen-bond acceptors (Lipinski definition) is 5. The Morgan fingerprint density at radius 3 is 2.22 bits per heavy atom. The number of benzene rings is 2. The Labute approximate surface area is 195 Å². The molecular weight excluding hydrogens is 428 g/mol. The van der Waals surface area contributed by atoms with E-state index in [1.807, 2.05) is 23.1 Å². The van der Waals surface area contributed by atoms with Crippen LogP contribution in [0.4, 0.5) is 11.4 Å². The molecule has 32 heavy (non-hydrogen) atoms. The fourth-order valence-corrected chi connectivity index (χ4v) is 4.24. The van der Waals surface area contributed by atoms with Gasteiger partial charge in [0.2, 0.25) is 5.91 Å². The van der Waals surface area contributed by atoms with Gasteiger partial charge in [0, 0.05) is 50.5 Å². The van der Waals surface area contributed by atoms with Gasteiger partial charge in [0.1, 0.15) is 5.75 Å². The second kappa shape index (κ2) is 11.2. The van der Waals surface area contributed by atoms with Crippen molar-refractivity contribution in [3.63, 3.8) is 0 Å². The Hall–Kier alpha value is -2.77. The van der Waals surface area contributed by atoms with Crippen LogP contribution in [0, 0.1) is 0 Å². The molecule has 0 spiro atoms. The molecule has 0 aliphatic carbocycles. The second-order valence-electron chi connectivity index (χ2n) is 8.06. The van der Waals surface area contributed by atoms with E-state index in [4.69, 9.17) is 4.74 Å². The molecule has 0 bridgehead atoms. The zero-order valence-electron chi connectivity index (χ0n) is 18.5. The molecular formula is C24H31ClN4O3. The maximum Gasteiger partial charge on any atom is 0.253 e. The zero-order chi connectivity index (χ0) is 21.6. The van der Waals surface area contributed by atoms with E-state index < -0.39 is 0 Å². The molecule has 0 saturated carbocycles. The van der Waals surface area contributed by atoms with Crippen LogP contribution < -0.4 is 15.0 Å². The second-order valence-corrected chi connectivity index (χ2v) is 8.06. The highest BCUT2D eigenvalue weighted by Crippen LogP contribution is 2.28. The van der Waals surface area contributed by atoms with Crippen molar-refractivity contribution in [3.8, 4) is 5.75 Å². The molecule has 0 atom stereocenters. The molecule has 4 rings (SSSR count). The van der Waals surface area contributed by atoms with E-state index >= 15 is 0 Å². The average molecular weight is 459 g/mol. The lowest BCUT2D eigenvalue weighted by atomic mass is 10.2. The summed E-state index contributed by atoms with van der Waals surface area (Å²) in [5, 5.41) is 2.95. The number of nitrogens with zero attached hydrogens (tertiary/aromatic N) is 3. The fourth-order valence-electron chi connectivity index (χ4n) is 4.24. The maximum atomic E-state index is 12.5. The molecule has 2 heterocycles. The number of likely N-dealkylation sites (tertiary alicyclic amines) is 1. The van der Waals surface area contributed by atoms with Crippen molar-refractivity contribution < 1.29 is 14.3 Å². The molecule has 2 saturated heterocycles. The van der Waals surface area contributed by atoms with Gasteiger partial charge in [-0.05, 0) is 49.2 Å². The van der Waals surface area contributed by atoms with Crippen LogP contribution in [-0.2, 0) is 4.79 Å². The molecule has 172 valence electrons. The Bertz CT molecular complexity index is 908. The van der Waals surface area contributed by atoms with E-state index in [1.165, 1.54) is 0 Å². The summed E-state index contributed by atoms with van der Waals surface area (Å²) in [6.07, 6.45) is 2.15. The van der Waals surface area contributed by atoms with Gasteiger partial charge in [0.25, 0.3) is 5.91 Å². The first kappa shape index (κ1) is 23.9. The third-order valence-corrected chi connectivity index (χ3v) is 5.97.